The maximum absolute atomic E-state index is 13.4. The first-order chi connectivity index (χ1) is 9.38. The average molecular weight is 259 g/mol. The zero-order valence-corrected chi connectivity index (χ0v) is 10.8. The lowest BCUT2D eigenvalue weighted by Gasteiger charge is -2.33. The van der Waals surface area contributed by atoms with Gasteiger partial charge in [-0.2, -0.15) is 0 Å². The van der Waals surface area contributed by atoms with E-state index in [9.17, 15) is 4.39 Å². The van der Waals surface area contributed by atoms with Gasteiger partial charge in [0.05, 0.1) is 17.3 Å². The van der Waals surface area contributed by atoms with Gasteiger partial charge in [0.2, 0.25) is 0 Å². The number of hydrogen-bond donors (Lipinski definition) is 1. The van der Waals surface area contributed by atoms with E-state index in [0.717, 1.165) is 42.8 Å². The number of halogens is 1. The van der Waals surface area contributed by atoms with Gasteiger partial charge in [-0.15, -0.1) is 0 Å². The Kier molecular flexibility index (Phi) is 3.71. The van der Waals surface area contributed by atoms with Crippen molar-refractivity contribution < 1.29 is 4.39 Å². The van der Waals surface area contributed by atoms with Crippen molar-refractivity contribution >= 4 is 10.9 Å². The molecule has 0 radical (unpaired) electrons. The molecule has 0 amide bonds. The molecule has 1 atom stereocenters. The Morgan fingerprint density at radius 2 is 1.95 bits per heavy atom. The Hall–Kier alpha value is -1.52. The highest BCUT2D eigenvalue weighted by atomic mass is 19.1. The lowest BCUT2D eigenvalue weighted by molar-refractivity contribution is 0.145. The van der Waals surface area contributed by atoms with Crippen molar-refractivity contribution in [2.24, 2.45) is 0 Å². The number of para-hydroxylation sites is 1. The number of fused-ring (bicyclic) bond motifs is 1. The van der Waals surface area contributed by atoms with E-state index in [-0.39, 0.29) is 12.7 Å². The van der Waals surface area contributed by atoms with Crippen LogP contribution < -0.4 is 5.32 Å². The quantitative estimate of drug-likeness (QED) is 0.915. The zero-order valence-electron chi connectivity index (χ0n) is 10.8. The summed E-state index contributed by atoms with van der Waals surface area (Å²) in [6.45, 7) is 3.21. The summed E-state index contributed by atoms with van der Waals surface area (Å²) in [5.41, 5.74) is 1.77. The molecule has 1 fully saturated rings. The Bertz CT molecular complexity index is 552. The summed E-state index contributed by atoms with van der Waals surface area (Å²) < 4.78 is 13.4. The van der Waals surface area contributed by atoms with E-state index < -0.39 is 0 Å². The summed E-state index contributed by atoms with van der Waals surface area (Å²) in [6, 6.07) is 11.7. The van der Waals surface area contributed by atoms with Crippen LogP contribution in [-0.4, -0.2) is 42.7 Å². The van der Waals surface area contributed by atoms with Crippen molar-refractivity contribution in [3.05, 3.63) is 42.1 Å². The van der Waals surface area contributed by atoms with Crippen LogP contribution in [-0.2, 0) is 0 Å². The Labute approximate surface area is 112 Å². The summed E-state index contributed by atoms with van der Waals surface area (Å²) in [6.07, 6.45) is 0. The van der Waals surface area contributed by atoms with Gasteiger partial charge in [0, 0.05) is 31.6 Å². The molecule has 0 aliphatic carbocycles. The Morgan fingerprint density at radius 3 is 2.74 bits per heavy atom. The number of alkyl halides is 1. The van der Waals surface area contributed by atoms with Gasteiger partial charge < -0.3 is 5.32 Å². The van der Waals surface area contributed by atoms with E-state index in [1.54, 1.807) is 0 Å². The van der Waals surface area contributed by atoms with Gasteiger partial charge in [0.25, 0.3) is 0 Å². The molecule has 3 nitrogen and oxygen atoms in total. The number of nitrogens with one attached hydrogen (secondary N) is 1. The highest BCUT2D eigenvalue weighted by Crippen LogP contribution is 2.22. The van der Waals surface area contributed by atoms with Crippen LogP contribution in [0.15, 0.2) is 36.4 Å². The molecule has 1 saturated heterocycles. The molecule has 0 saturated carbocycles. The topological polar surface area (TPSA) is 28.2 Å². The number of nitrogens with zero attached hydrogens (tertiary/aromatic N) is 2. The van der Waals surface area contributed by atoms with Gasteiger partial charge in [-0.05, 0) is 12.1 Å². The monoisotopic (exact) mass is 259 g/mol. The second kappa shape index (κ2) is 5.63. The maximum atomic E-state index is 13.4. The minimum Gasteiger partial charge on any atom is -0.314 e. The van der Waals surface area contributed by atoms with Crippen molar-refractivity contribution in [2.75, 3.05) is 32.9 Å². The minimum absolute atomic E-state index is 0.216. The van der Waals surface area contributed by atoms with Crippen LogP contribution in [0.25, 0.3) is 10.9 Å². The molecule has 2 heterocycles. The maximum Gasteiger partial charge on any atom is 0.111 e. The van der Waals surface area contributed by atoms with E-state index in [0.29, 0.717) is 0 Å². The number of rotatable bonds is 3. The lowest BCUT2D eigenvalue weighted by atomic mass is 10.1. The molecule has 19 heavy (non-hydrogen) atoms. The largest absolute Gasteiger partial charge is 0.314 e. The highest BCUT2D eigenvalue weighted by molar-refractivity contribution is 5.78. The molecule has 1 N–H and O–H groups in total. The molecule has 0 spiro atoms. The molecule has 2 aromatic rings. The SMILES string of the molecule is FC[C@@H](c1ccc2ccccc2n1)N1CCNCC1. The van der Waals surface area contributed by atoms with Gasteiger partial charge in [-0.25, -0.2) is 4.39 Å². The number of hydrogen-bond acceptors (Lipinski definition) is 3. The van der Waals surface area contributed by atoms with E-state index in [2.05, 4.69) is 15.2 Å². The number of piperazine rings is 1. The zero-order chi connectivity index (χ0) is 13.1. The fraction of sp³-hybridized carbons (Fsp3) is 0.400. The third-order valence-electron chi connectivity index (χ3n) is 3.70. The molecule has 1 aliphatic rings. The molecule has 0 bridgehead atoms. The second-order valence-electron chi connectivity index (χ2n) is 4.88. The molecular weight excluding hydrogens is 241 g/mol. The van der Waals surface area contributed by atoms with Crippen molar-refractivity contribution in [3.63, 3.8) is 0 Å². The Balaban J connectivity index is 1.91. The standard InChI is InChI=1S/C15H18FN3/c16-11-15(19-9-7-17-8-10-19)14-6-5-12-3-1-2-4-13(12)18-14/h1-6,15,17H,7-11H2/t15-/m0/s1. The van der Waals surface area contributed by atoms with Crippen LogP contribution in [0.2, 0.25) is 0 Å². The normalized spacial score (nSPS) is 18.6. The highest BCUT2D eigenvalue weighted by Gasteiger charge is 2.23. The smallest absolute Gasteiger partial charge is 0.111 e. The van der Waals surface area contributed by atoms with Crippen LogP contribution in [0.1, 0.15) is 11.7 Å². The molecule has 4 heteroatoms. The number of pyridine rings is 1. The molecular formula is C15H18FN3. The van der Waals surface area contributed by atoms with Crippen molar-refractivity contribution in [3.8, 4) is 0 Å². The molecule has 1 aromatic heterocycles. The fourth-order valence-electron chi connectivity index (χ4n) is 2.62. The minimum atomic E-state index is -0.384. The predicted octanol–water partition coefficient (Wildman–Crippen LogP) is 2.15. The van der Waals surface area contributed by atoms with E-state index in [1.165, 1.54) is 0 Å². The third-order valence-corrected chi connectivity index (χ3v) is 3.70. The van der Waals surface area contributed by atoms with E-state index >= 15 is 0 Å². The molecule has 1 aliphatic heterocycles. The predicted molar refractivity (Wildman–Crippen MR) is 74.9 cm³/mol. The van der Waals surface area contributed by atoms with Gasteiger partial charge in [-0.3, -0.25) is 9.88 Å². The molecule has 1 aromatic carbocycles. The van der Waals surface area contributed by atoms with Crippen LogP contribution in [0.3, 0.4) is 0 Å². The first-order valence-corrected chi connectivity index (χ1v) is 6.75. The van der Waals surface area contributed by atoms with Crippen molar-refractivity contribution in [2.45, 2.75) is 6.04 Å². The van der Waals surface area contributed by atoms with Gasteiger partial charge in [0.1, 0.15) is 6.67 Å². The van der Waals surface area contributed by atoms with Crippen LogP contribution in [0, 0.1) is 0 Å². The van der Waals surface area contributed by atoms with E-state index in [4.69, 9.17) is 0 Å². The summed E-state index contributed by atoms with van der Waals surface area (Å²) in [5.74, 6) is 0. The average Bonchev–Trinajstić information content (AvgIpc) is 2.49. The first kappa shape index (κ1) is 12.5. The molecule has 3 rings (SSSR count). The van der Waals surface area contributed by atoms with Gasteiger partial charge in [-0.1, -0.05) is 24.3 Å². The molecule has 100 valence electrons. The summed E-state index contributed by atoms with van der Waals surface area (Å²) in [7, 11) is 0. The Morgan fingerprint density at radius 1 is 1.16 bits per heavy atom. The van der Waals surface area contributed by atoms with E-state index in [1.807, 2.05) is 36.4 Å². The fourth-order valence-corrected chi connectivity index (χ4v) is 2.62. The van der Waals surface area contributed by atoms with Crippen LogP contribution >= 0.6 is 0 Å². The third kappa shape index (κ3) is 2.60. The van der Waals surface area contributed by atoms with Crippen molar-refractivity contribution in [1.29, 1.82) is 0 Å². The van der Waals surface area contributed by atoms with Gasteiger partial charge >= 0.3 is 0 Å². The summed E-state index contributed by atoms with van der Waals surface area (Å²) in [4.78, 5) is 6.79. The summed E-state index contributed by atoms with van der Waals surface area (Å²) >= 11 is 0. The van der Waals surface area contributed by atoms with Crippen LogP contribution in [0.5, 0.6) is 0 Å². The molecule has 0 unspecified atom stereocenters. The first-order valence-electron chi connectivity index (χ1n) is 6.75. The lowest BCUT2D eigenvalue weighted by Crippen LogP contribution is -2.45. The number of aromatic nitrogens is 1. The summed E-state index contributed by atoms with van der Waals surface area (Å²) in [5, 5.41) is 4.39. The van der Waals surface area contributed by atoms with Crippen LogP contribution in [0.4, 0.5) is 4.39 Å². The number of benzene rings is 1. The second-order valence-corrected chi connectivity index (χ2v) is 4.88. The van der Waals surface area contributed by atoms with Crippen molar-refractivity contribution in [1.82, 2.24) is 15.2 Å². The van der Waals surface area contributed by atoms with Gasteiger partial charge in [0.15, 0.2) is 0 Å².